The number of aliphatic imine (C=N–C) groups is 1. The molecule has 0 aliphatic carbocycles. The van der Waals surface area contributed by atoms with E-state index in [0.29, 0.717) is 24.6 Å². The maximum atomic E-state index is 5.44. The number of rotatable bonds is 8. The van der Waals surface area contributed by atoms with Gasteiger partial charge in [-0.05, 0) is 44.2 Å². The van der Waals surface area contributed by atoms with Crippen LogP contribution in [0.2, 0.25) is 0 Å². The smallest absolute Gasteiger partial charge is 0.216 e. The van der Waals surface area contributed by atoms with Crippen molar-refractivity contribution in [2.24, 2.45) is 10.9 Å². The van der Waals surface area contributed by atoms with E-state index in [1.54, 1.807) is 6.26 Å². The second kappa shape index (κ2) is 10.1. The maximum Gasteiger partial charge on any atom is 0.216 e. The molecule has 3 rings (SSSR count). The van der Waals surface area contributed by atoms with Gasteiger partial charge in [-0.2, -0.15) is 5.10 Å². The maximum absolute atomic E-state index is 5.44. The second-order valence-corrected chi connectivity index (χ2v) is 6.83. The summed E-state index contributed by atoms with van der Waals surface area (Å²) in [6, 6.07) is 3.68. The van der Waals surface area contributed by atoms with Gasteiger partial charge in [0.05, 0.1) is 6.26 Å². The van der Waals surface area contributed by atoms with Gasteiger partial charge in [0.25, 0.3) is 0 Å². The number of aromatic amines is 1. The van der Waals surface area contributed by atoms with E-state index in [-0.39, 0.29) is 0 Å². The largest absolute Gasteiger partial charge is 0.461 e. The van der Waals surface area contributed by atoms with Crippen molar-refractivity contribution in [3.8, 4) is 11.6 Å². The Morgan fingerprint density at radius 2 is 2.26 bits per heavy atom. The number of nitrogens with one attached hydrogen (secondary N) is 2. The summed E-state index contributed by atoms with van der Waals surface area (Å²) in [6.45, 7) is 6.40. The average Bonchev–Trinajstić information content (AvgIpc) is 3.38. The lowest BCUT2D eigenvalue weighted by Crippen LogP contribution is -2.40. The molecule has 2 aromatic rings. The summed E-state index contributed by atoms with van der Waals surface area (Å²) >= 11 is 0. The Morgan fingerprint density at radius 3 is 3.00 bits per heavy atom. The molecule has 0 bridgehead atoms. The molecule has 1 fully saturated rings. The second-order valence-electron chi connectivity index (χ2n) is 6.83. The Kier molecular flexibility index (Phi) is 7.27. The molecule has 1 saturated heterocycles. The van der Waals surface area contributed by atoms with Crippen LogP contribution in [0.1, 0.15) is 32.0 Å². The molecule has 0 amide bonds. The van der Waals surface area contributed by atoms with E-state index in [1.165, 1.54) is 19.3 Å². The Morgan fingerprint density at radius 1 is 1.41 bits per heavy atom. The van der Waals surface area contributed by atoms with Gasteiger partial charge in [0.15, 0.2) is 11.7 Å². The van der Waals surface area contributed by atoms with Gasteiger partial charge in [-0.25, -0.2) is 4.98 Å². The van der Waals surface area contributed by atoms with Crippen molar-refractivity contribution in [1.29, 1.82) is 0 Å². The van der Waals surface area contributed by atoms with Crippen LogP contribution < -0.4 is 5.32 Å². The van der Waals surface area contributed by atoms with Gasteiger partial charge in [-0.15, -0.1) is 0 Å². The van der Waals surface area contributed by atoms with Crippen molar-refractivity contribution in [2.45, 2.75) is 32.6 Å². The van der Waals surface area contributed by atoms with Crippen LogP contribution in [-0.2, 0) is 11.2 Å². The zero-order valence-corrected chi connectivity index (χ0v) is 16.3. The van der Waals surface area contributed by atoms with Gasteiger partial charge in [0, 0.05) is 46.3 Å². The SMILES string of the molecule is CCNC(=NCCc1nc(-c2ccco2)n[nH]1)N(C)CCC1CCOCC1. The van der Waals surface area contributed by atoms with Crippen molar-refractivity contribution in [3.05, 3.63) is 24.2 Å². The topological polar surface area (TPSA) is 91.6 Å². The molecule has 2 N–H and O–H groups in total. The van der Waals surface area contributed by atoms with Crippen LogP contribution in [0.4, 0.5) is 0 Å². The number of ether oxygens (including phenoxy) is 1. The highest BCUT2D eigenvalue weighted by molar-refractivity contribution is 5.79. The first-order chi connectivity index (χ1) is 13.3. The number of aromatic nitrogens is 3. The van der Waals surface area contributed by atoms with Gasteiger partial charge in [0.2, 0.25) is 5.82 Å². The number of guanidine groups is 1. The molecule has 0 aromatic carbocycles. The van der Waals surface area contributed by atoms with Crippen LogP contribution in [0.25, 0.3) is 11.6 Å². The number of nitrogens with zero attached hydrogens (tertiary/aromatic N) is 4. The van der Waals surface area contributed by atoms with E-state index < -0.39 is 0 Å². The molecule has 27 heavy (non-hydrogen) atoms. The molecule has 0 saturated carbocycles. The quantitative estimate of drug-likeness (QED) is 0.544. The molecule has 148 valence electrons. The average molecular weight is 374 g/mol. The summed E-state index contributed by atoms with van der Waals surface area (Å²) in [5, 5.41) is 10.5. The minimum atomic E-state index is 0.583. The molecule has 2 aromatic heterocycles. The number of H-pyrrole nitrogens is 1. The third kappa shape index (κ3) is 5.82. The summed E-state index contributed by atoms with van der Waals surface area (Å²) in [6.07, 6.45) is 5.85. The molecule has 0 atom stereocenters. The van der Waals surface area contributed by atoms with E-state index >= 15 is 0 Å². The Bertz CT molecular complexity index is 691. The highest BCUT2D eigenvalue weighted by atomic mass is 16.5. The lowest BCUT2D eigenvalue weighted by molar-refractivity contribution is 0.0625. The van der Waals surface area contributed by atoms with Crippen molar-refractivity contribution >= 4 is 5.96 Å². The minimum Gasteiger partial charge on any atom is -0.461 e. The molecular formula is C19H30N6O2. The molecule has 1 aliphatic heterocycles. The molecule has 1 aliphatic rings. The number of furan rings is 1. The van der Waals surface area contributed by atoms with Gasteiger partial charge >= 0.3 is 0 Å². The third-order valence-corrected chi connectivity index (χ3v) is 4.79. The predicted octanol–water partition coefficient (Wildman–Crippen LogP) is 2.32. The molecule has 0 radical (unpaired) electrons. The van der Waals surface area contributed by atoms with Crippen molar-refractivity contribution in [1.82, 2.24) is 25.4 Å². The number of hydrogen-bond donors (Lipinski definition) is 2. The Balaban J connectivity index is 1.49. The van der Waals surface area contributed by atoms with Gasteiger partial charge in [-0.1, -0.05) is 0 Å². The van der Waals surface area contributed by atoms with Crippen molar-refractivity contribution < 1.29 is 9.15 Å². The van der Waals surface area contributed by atoms with E-state index in [9.17, 15) is 0 Å². The minimum absolute atomic E-state index is 0.583. The van der Waals surface area contributed by atoms with Crippen LogP contribution >= 0.6 is 0 Å². The molecule has 8 heteroatoms. The standard InChI is InChI=1S/C19H30N6O2/c1-3-20-19(25(2)11-7-15-8-13-26-14-9-15)21-10-6-17-22-18(24-23-17)16-5-4-12-27-16/h4-5,12,15H,3,6-11,13-14H2,1-2H3,(H,20,21)(H,22,23,24). The normalized spacial score (nSPS) is 15.9. The fourth-order valence-corrected chi connectivity index (χ4v) is 3.18. The van der Waals surface area contributed by atoms with Crippen LogP contribution in [0.5, 0.6) is 0 Å². The van der Waals surface area contributed by atoms with E-state index in [4.69, 9.17) is 14.1 Å². The highest BCUT2D eigenvalue weighted by Gasteiger charge is 2.15. The fraction of sp³-hybridized carbons (Fsp3) is 0.632. The zero-order chi connectivity index (χ0) is 18.9. The van der Waals surface area contributed by atoms with Crippen LogP contribution in [0.3, 0.4) is 0 Å². The summed E-state index contributed by atoms with van der Waals surface area (Å²) in [7, 11) is 2.10. The van der Waals surface area contributed by atoms with Gasteiger partial charge < -0.3 is 19.4 Å². The van der Waals surface area contributed by atoms with Crippen molar-refractivity contribution in [2.75, 3.05) is 39.9 Å². The number of hydrogen-bond acceptors (Lipinski definition) is 5. The molecule has 0 spiro atoms. The molecular weight excluding hydrogens is 344 g/mol. The third-order valence-electron chi connectivity index (χ3n) is 4.79. The van der Waals surface area contributed by atoms with Crippen LogP contribution in [0.15, 0.2) is 27.8 Å². The summed E-state index contributed by atoms with van der Waals surface area (Å²) in [5.74, 6) is 3.76. The van der Waals surface area contributed by atoms with E-state index in [2.05, 4.69) is 39.4 Å². The zero-order valence-electron chi connectivity index (χ0n) is 16.3. The highest BCUT2D eigenvalue weighted by Crippen LogP contribution is 2.18. The first-order valence-corrected chi connectivity index (χ1v) is 9.78. The monoisotopic (exact) mass is 374 g/mol. The summed E-state index contributed by atoms with van der Waals surface area (Å²) < 4.78 is 10.8. The van der Waals surface area contributed by atoms with Crippen LogP contribution in [-0.4, -0.2) is 65.9 Å². The first kappa shape index (κ1) is 19.4. The first-order valence-electron chi connectivity index (χ1n) is 9.78. The molecule has 8 nitrogen and oxygen atoms in total. The fourth-order valence-electron chi connectivity index (χ4n) is 3.18. The Labute approximate surface area is 160 Å². The molecule has 3 heterocycles. The van der Waals surface area contributed by atoms with Crippen molar-refractivity contribution in [3.63, 3.8) is 0 Å². The van der Waals surface area contributed by atoms with Gasteiger partial charge in [0.1, 0.15) is 5.82 Å². The molecule has 0 unspecified atom stereocenters. The lowest BCUT2D eigenvalue weighted by atomic mass is 9.96. The van der Waals surface area contributed by atoms with Crippen LogP contribution in [0, 0.1) is 5.92 Å². The van der Waals surface area contributed by atoms with Gasteiger partial charge in [-0.3, -0.25) is 10.1 Å². The van der Waals surface area contributed by atoms with E-state index in [0.717, 1.165) is 44.0 Å². The Hall–Kier alpha value is -2.35. The summed E-state index contributed by atoms with van der Waals surface area (Å²) in [4.78, 5) is 11.4. The lowest BCUT2D eigenvalue weighted by Gasteiger charge is -2.26. The van der Waals surface area contributed by atoms with E-state index in [1.807, 2.05) is 12.1 Å². The predicted molar refractivity (Wildman–Crippen MR) is 105 cm³/mol. The summed E-state index contributed by atoms with van der Waals surface area (Å²) in [5.41, 5.74) is 0.